The van der Waals surface area contributed by atoms with Crippen LogP contribution in [0.4, 0.5) is 10.5 Å². The lowest BCUT2D eigenvalue weighted by molar-refractivity contribution is -0.131. The molecular weight excluding hydrogens is 374 g/mol. The van der Waals surface area contributed by atoms with Gasteiger partial charge in [-0.05, 0) is 29.8 Å². The van der Waals surface area contributed by atoms with Gasteiger partial charge in [-0.2, -0.15) is 0 Å². The highest BCUT2D eigenvalue weighted by molar-refractivity contribution is 5.89. The monoisotopic (exact) mass is 397 g/mol. The molecule has 2 aliphatic rings. The molecule has 0 aliphatic carbocycles. The molecule has 2 aromatic rings. The summed E-state index contributed by atoms with van der Waals surface area (Å²) in [5.41, 5.74) is 1.76. The fraction of sp³-hybridized carbons (Fsp3) is 0.333. The predicted octanol–water partition coefficient (Wildman–Crippen LogP) is 2.69. The van der Waals surface area contributed by atoms with Crippen molar-refractivity contribution in [3.8, 4) is 17.2 Å². The van der Waals surface area contributed by atoms with Gasteiger partial charge in [0.2, 0.25) is 6.79 Å². The number of benzene rings is 2. The maximum atomic E-state index is 12.6. The molecule has 0 radical (unpaired) electrons. The molecule has 0 unspecified atom stereocenters. The van der Waals surface area contributed by atoms with E-state index in [0.29, 0.717) is 24.5 Å². The van der Waals surface area contributed by atoms with E-state index in [2.05, 4.69) is 10.2 Å². The van der Waals surface area contributed by atoms with Gasteiger partial charge in [-0.1, -0.05) is 12.1 Å². The fourth-order valence-corrected chi connectivity index (χ4v) is 3.41. The van der Waals surface area contributed by atoms with Crippen LogP contribution in [0.3, 0.4) is 0 Å². The van der Waals surface area contributed by atoms with Crippen LogP contribution in [0.5, 0.6) is 17.2 Å². The van der Waals surface area contributed by atoms with Crippen LogP contribution in [-0.4, -0.2) is 54.8 Å². The second kappa shape index (κ2) is 8.40. The van der Waals surface area contributed by atoms with Gasteiger partial charge in [-0.15, -0.1) is 0 Å². The molecule has 8 heteroatoms. The number of urea groups is 1. The molecule has 0 saturated carbocycles. The Labute approximate surface area is 168 Å². The molecule has 2 heterocycles. The molecule has 0 bridgehead atoms. The van der Waals surface area contributed by atoms with Crippen LogP contribution in [0.1, 0.15) is 12.5 Å². The summed E-state index contributed by atoms with van der Waals surface area (Å²) in [7, 11) is 0. The van der Waals surface area contributed by atoms with Crippen LogP contribution in [-0.2, 0) is 11.3 Å². The second-order valence-electron chi connectivity index (χ2n) is 7.00. The first-order chi connectivity index (χ1) is 14.1. The van der Waals surface area contributed by atoms with E-state index >= 15 is 0 Å². The molecule has 8 nitrogen and oxygen atoms in total. The normalized spacial score (nSPS) is 15.8. The van der Waals surface area contributed by atoms with E-state index in [1.54, 1.807) is 29.2 Å². The lowest BCUT2D eigenvalue weighted by atomic mass is 10.1. The molecule has 29 heavy (non-hydrogen) atoms. The third-order valence-corrected chi connectivity index (χ3v) is 4.85. The number of hydrogen-bond acceptors (Lipinski definition) is 6. The number of ether oxygens (including phenoxy) is 3. The summed E-state index contributed by atoms with van der Waals surface area (Å²) >= 11 is 0. The molecule has 1 saturated heterocycles. The first-order valence-electron chi connectivity index (χ1n) is 9.52. The zero-order valence-electron chi connectivity index (χ0n) is 16.2. The summed E-state index contributed by atoms with van der Waals surface area (Å²) in [6.45, 7) is 5.27. The number of fused-ring (bicyclic) bond motifs is 1. The molecule has 2 aromatic carbocycles. The van der Waals surface area contributed by atoms with Crippen LogP contribution >= 0.6 is 0 Å². The van der Waals surface area contributed by atoms with Gasteiger partial charge in [0.1, 0.15) is 5.75 Å². The van der Waals surface area contributed by atoms with E-state index < -0.39 is 5.97 Å². The Morgan fingerprint density at radius 1 is 1.03 bits per heavy atom. The van der Waals surface area contributed by atoms with Gasteiger partial charge in [0.15, 0.2) is 11.5 Å². The van der Waals surface area contributed by atoms with E-state index in [4.69, 9.17) is 14.2 Å². The molecule has 0 aromatic heterocycles. The Morgan fingerprint density at radius 2 is 1.83 bits per heavy atom. The maximum absolute atomic E-state index is 12.6. The highest BCUT2D eigenvalue weighted by Crippen LogP contribution is 2.32. The van der Waals surface area contributed by atoms with Crippen molar-refractivity contribution in [3.05, 3.63) is 48.0 Å². The fourth-order valence-electron chi connectivity index (χ4n) is 3.41. The first kappa shape index (κ1) is 19.1. The Bertz CT molecular complexity index is 909. The van der Waals surface area contributed by atoms with Crippen molar-refractivity contribution in [1.82, 2.24) is 9.80 Å². The topological polar surface area (TPSA) is 80.3 Å². The summed E-state index contributed by atoms with van der Waals surface area (Å²) < 4.78 is 15.8. The van der Waals surface area contributed by atoms with Crippen molar-refractivity contribution in [3.63, 3.8) is 0 Å². The largest absolute Gasteiger partial charge is 0.454 e. The number of nitrogens with one attached hydrogen (secondary N) is 1. The minimum Gasteiger partial charge on any atom is -0.454 e. The van der Waals surface area contributed by atoms with E-state index in [9.17, 15) is 9.59 Å². The number of nitrogens with zero attached hydrogens (tertiary/aromatic N) is 2. The highest BCUT2D eigenvalue weighted by atomic mass is 16.7. The summed E-state index contributed by atoms with van der Waals surface area (Å²) in [5, 5.41) is 2.86. The van der Waals surface area contributed by atoms with E-state index in [-0.39, 0.29) is 12.8 Å². The number of esters is 1. The quantitative estimate of drug-likeness (QED) is 0.631. The van der Waals surface area contributed by atoms with Crippen LogP contribution < -0.4 is 19.5 Å². The Hall–Kier alpha value is -3.26. The smallest absolute Gasteiger partial charge is 0.321 e. The average molecular weight is 397 g/mol. The van der Waals surface area contributed by atoms with Gasteiger partial charge < -0.3 is 24.4 Å². The van der Waals surface area contributed by atoms with Gasteiger partial charge in [-0.3, -0.25) is 9.69 Å². The van der Waals surface area contributed by atoms with Gasteiger partial charge in [0.25, 0.3) is 0 Å². The number of hydrogen-bond donors (Lipinski definition) is 1. The van der Waals surface area contributed by atoms with Crippen molar-refractivity contribution in [2.24, 2.45) is 0 Å². The maximum Gasteiger partial charge on any atom is 0.321 e. The van der Waals surface area contributed by atoms with Gasteiger partial charge >= 0.3 is 12.0 Å². The van der Waals surface area contributed by atoms with Gasteiger partial charge in [0.05, 0.1) is 0 Å². The van der Waals surface area contributed by atoms with E-state index in [0.717, 1.165) is 36.7 Å². The number of carbonyl (C=O) groups is 2. The SMILES string of the molecule is CC(=O)Oc1cccc(NC(=O)N2CCN(Cc3ccc4c(c3)OCO4)CC2)c1. The molecule has 1 fully saturated rings. The average Bonchev–Trinajstić information content (AvgIpc) is 3.16. The molecule has 1 N–H and O–H groups in total. The predicted molar refractivity (Wildman–Crippen MR) is 106 cm³/mol. The lowest BCUT2D eigenvalue weighted by Gasteiger charge is -2.34. The third-order valence-electron chi connectivity index (χ3n) is 4.85. The number of anilines is 1. The minimum atomic E-state index is -0.396. The third kappa shape index (κ3) is 4.78. The van der Waals surface area contributed by atoms with Gasteiger partial charge in [-0.25, -0.2) is 4.79 Å². The zero-order valence-corrected chi connectivity index (χ0v) is 16.2. The molecule has 2 aliphatic heterocycles. The molecule has 2 amide bonds. The van der Waals surface area contributed by atoms with Gasteiger partial charge in [0, 0.05) is 51.4 Å². The Morgan fingerprint density at radius 3 is 2.62 bits per heavy atom. The molecule has 0 atom stereocenters. The summed E-state index contributed by atoms with van der Waals surface area (Å²) in [5.74, 6) is 1.58. The highest BCUT2D eigenvalue weighted by Gasteiger charge is 2.22. The Kier molecular flexibility index (Phi) is 5.53. The lowest BCUT2D eigenvalue weighted by Crippen LogP contribution is -2.49. The van der Waals surface area contributed by atoms with Crippen LogP contribution in [0, 0.1) is 0 Å². The first-order valence-corrected chi connectivity index (χ1v) is 9.52. The summed E-state index contributed by atoms with van der Waals surface area (Å²) in [4.78, 5) is 27.7. The van der Waals surface area contributed by atoms with Crippen molar-refractivity contribution in [2.45, 2.75) is 13.5 Å². The minimum absolute atomic E-state index is 0.160. The molecule has 0 spiro atoms. The van der Waals surface area contributed by atoms with E-state index in [1.807, 2.05) is 18.2 Å². The Balaban J connectivity index is 1.28. The molecule has 4 rings (SSSR count). The van der Waals surface area contributed by atoms with Crippen molar-refractivity contribution in [1.29, 1.82) is 0 Å². The number of carbonyl (C=O) groups excluding carboxylic acids is 2. The zero-order chi connectivity index (χ0) is 20.2. The van der Waals surface area contributed by atoms with Crippen LogP contribution in [0.2, 0.25) is 0 Å². The second-order valence-corrected chi connectivity index (χ2v) is 7.00. The van der Waals surface area contributed by atoms with Crippen molar-refractivity contribution >= 4 is 17.7 Å². The molecule has 152 valence electrons. The van der Waals surface area contributed by atoms with E-state index in [1.165, 1.54) is 6.92 Å². The number of amides is 2. The van der Waals surface area contributed by atoms with Crippen LogP contribution in [0.15, 0.2) is 42.5 Å². The summed E-state index contributed by atoms with van der Waals surface area (Å²) in [6.07, 6.45) is 0. The standard InChI is InChI=1S/C21H23N3O5/c1-15(25)29-18-4-2-3-17(12-18)22-21(26)24-9-7-23(8-10-24)13-16-5-6-19-20(11-16)28-14-27-19/h2-6,11-12H,7-10,13-14H2,1H3,(H,22,26). The van der Waals surface area contributed by atoms with Crippen molar-refractivity contribution < 1.29 is 23.8 Å². The van der Waals surface area contributed by atoms with Crippen molar-refractivity contribution in [2.75, 3.05) is 38.3 Å². The number of piperazine rings is 1. The summed E-state index contributed by atoms with van der Waals surface area (Å²) in [6, 6.07) is 12.6. The van der Waals surface area contributed by atoms with Crippen LogP contribution in [0.25, 0.3) is 0 Å². The molecular formula is C21H23N3O5. The number of rotatable bonds is 4.